The van der Waals surface area contributed by atoms with Gasteiger partial charge in [-0.25, -0.2) is 8.42 Å². The molecule has 0 bridgehead atoms. The van der Waals surface area contributed by atoms with Crippen molar-refractivity contribution in [3.05, 3.63) is 10.5 Å². The third-order valence-corrected chi connectivity index (χ3v) is 2.98. The Hall–Kier alpha value is -0.560. The van der Waals surface area contributed by atoms with E-state index in [0.717, 1.165) is 0 Å². The summed E-state index contributed by atoms with van der Waals surface area (Å²) in [5.41, 5.74) is -1.14. The van der Waals surface area contributed by atoms with Gasteiger partial charge in [0.05, 0.1) is 5.57 Å². The van der Waals surface area contributed by atoms with E-state index in [-0.39, 0.29) is 6.54 Å². The Kier molecular flexibility index (Phi) is 2.91. The largest absolute Gasteiger partial charge is 0.414 e. The molecule has 0 aromatic rings. The van der Waals surface area contributed by atoms with Crippen molar-refractivity contribution in [2.24, 2.45) is 4.99 Å². The molecular weight excluding hydrogens is 243 g/mol. The maximum absolute atomic E-state index is 12.3. The first-order chi connectivity index (χ1) is 6.23. The van der Waals surface area contributed by atoms with Crippen LogP contribution in [0, 0.1) is 0 Å². The lowest BCUT2D eigenvalue weighted by molar-refractivity contribution is -0.0940. The van der Waals surface area contributed by atoms with Gasteiger partial charge in [0.2, 0.25) is 0 Å². The van der Waals surface area contributed by atoms with E-state index in [2.05, 4.69) is 4.99 Å². The number of nitrogens with zero attached hydrogens (tertiary/aromatic N) is 1. The van der Waals surface area contributed by atoms with Gasteiger partial charge in [0.1, 0.15) is 4.91 Å². The molecule has 0 radical (unpaired) electrons. The number of dihydropyridines is 1. The van der Waals surface area contributed by atoms with Gasteiger partial charge in [-0.15, -0.1) is 0 Å². The first-order valence-corrected chi connectivity index (χ1v) is 5.78. The van der Waals surface area contributed by atoms with Crippen LogP contribution in [0.3, 0.4) is 0 Å². The lowest BCUT2D eigenvalue weighted by atomic mass is 10.1. The van der Waals surface area contributed by atoms with Crippen molar-refractivity contribution in [3.63, 3.8) is 0 Å². The molecule has 0 saturated heterocycles. The van der Waals surface area contributed by atoms with E-state index in [9.17, 15) is 21.6 Å². The highest BCUT2D eigenvalue weighted by Gasteiger charge is 2.39. The number of rotatable bonds is 1. The molecule has 0 atom stereocenters. The summed E-state index contributed by atoms with van der Waals surface area (Å²) < 4.78 is 58.4. The van der Waals surface area contributed by atoms with E-state index in [1.165, 1.54) is 0 Å². The molecule has 0 aromatic heterocycles. The first-order valence-electron chi connectivity index (χ1n) is 3.48. The van der Waals surface area contributed by atoms with Gasteiger partial charge in [0, 0.05) is 23.4 Å². The highest BCUT2D eigenvalue weighted by atomic mass is 35.7. The molecule has 0 N–H and O–H groups in total. The monoisotopic (exact) mass is 247 g/mol. The molecule has 1 aliphatic heterocycles. The van der Waals surface area contributed by atoms with Crippen LogP contribution in [0.1, 0.15) is 6.42 Å². The molecule has 80 valence electrons. The van der Waals surface area contributed by atoms with Gasteiger partial charge >= 0.3 is 6.18 Å². The zero-order valence-corrected chi connectivity index (χ0v) is 8.25. The fourth-order valence-corrected chi connectivity index (χ4v) is 2.13. The Morgan fingerprint density at radius 3 is 2.36 bits per heavy atom. The molecule has 0 spiro atoms. The molecule has 0 unspecified atom stereocenters. The lowest BCUT2D eigenvalue weighted by Gasteiger charge is -2.15. The normalized spacial score (nSPS) is 18.9. The van der Waals surface area contributed by atoms with Gasteiger partial charge in [-0.3, -0.25) is 4.99 Å². The first kappa shape index (κ1) is 11.5. The topological polar surface area (TPSA) is 46.5 Å². The minimum atomic E-state index is -4.68. The van der Waals surface area contributed by atoms with Crippen molar-refractivity contribution in [1.29, 1.82) is 0 Å². The second kappa shape index (κ2) is 3.54. The second-order valence-corrected chi connectivity index (χ2v) is 5.10. The highest BCUT2D eigenvalue weighted by Crippen LogP contribution is 2.34. The SMILES string of the molecule is O=S(=O)(Cl)C1=C(C(F)(F)F)CCN=C1. The van der Waals surface area contributed by atoms with Gasteiger partial charge in [0.25, 0.3) is 9.05 Å². The van der Waals surface area contributed by atoms with Crippen LogP contribution in [0.4, 0.5) is 13.2 Å². The van der Waals surface area contributed by atoms with Crippen LogP contribution in [0.25, 0.3) is 0 Å². The third kappa shape index (κ3) is 2.48. The van der Waals surface area contributed by atoms with E-state index in [1.807, 2.05) is 0 Å². The molecule has 0 aromatic carbocycles. The fraction of sp³-hybridized carbons (Fsp3) is 0.500. The van der Waals surface area contributed by atoms with Crippen molar-refractivity contribution in [2.75, 3.05) is 6.54 Å². The number of hydrogen-bond acceptors (Lipinski definition) is 3. The van der Waals surface area contributed by atoms with Gasteiger partial charge < -0.3 is 0 Å². The Bertz CT molecular complexity index is 396. The molecule has 1 heterocycles. The van der Waals surface area contributed by atoms with Crippen molar-refractivity contribution >= 4 is 25.9 Å². The molecular formula is C6H5ClF3NO2S. The number of alkyl halides is 3. The van der Waals surface area contributed by atoms with Crippen LogP contribution < -0.4 is 0 Å². The Morgan fingerprint density at radius 2 is 2.00 bits per heavy atom. The van der Waals surface area contributed by atoms with E-state index < -0.39 is 32.1 Å². The van der Waals surface area contributed by atoms with E-state index in [0.29, 0.717) is 6.21 Å². The summed E-state index contributed by atoms with van der Waals surface area (Å²) in [6, 6.07) is 0. The Labute approximate surface area is 82.7 Å². The van der Waals surface area contributed by atoms with Gasteiger partial charge in [-0.2, -0.15) is 13.2 Å². The quantitative estimate of drug-likeness (QED) is 0.664. The van der Waals surface area contributed by atoms with Gasteiger partial charge in [-0.05, 0) is 6.42 Å². The summed E-state index contributed by atoms with van der Waals surface area (Å²) in [5, 5.41) is 0. The zero-order valence-electron chi connectivity index (χ0n) is 6.68. The number of allylic oxidation sites excluding steroid dienone is 1. The van der Waals surface area contributed by atoms with Crippen LogP contribution in [-0.4, -0.2) is 27.4 Å². The Balaban J connectivity index is 3.33. The Morgan fingerprint density at radius 1 is 1.43 bits per heavy atom. The van der Waals surface area contributed by atoms with Crippen molar-refractivity contribution < 1.29 is 21.6 Å². The van der Waals surface area contributed by atoms with Crippen molar-refractivity contribution in [2.45, 2.75) is 12.6 Å². The van der Waals surface area contributed by atoms with E-state index in [1.54, 1.807) is 0 Å². The van der Waals surface area contributed by atoms with Crippen LogP contribution in [0.2, 0.25) is 0 Å². The fourth-order valence-electron chi connectivity index (χ4n) is 1.02. The molecule has 0 saturated carbocycles. The van der Waals surface area contributed by atoms with E-state index in [4.69, 9.17) is 10.7 Å². The van der Waals surface area contributed by atoms with Crippen LogP contribution in [0.5, 0.6) is 0 Å². The third-order valence-electron chi connectivity index (χ3n) is 1.60. The van der Waals surface area contributed by atoms with Crippen LogP contribution >= 0.6 is 10.7 Å². The van der Waals surface area contributed by atoms with Crippen LogP contribution in [0.15, 0.2) is 15.5 Å². The van der Waals surface area contributed by atoms with Crippen LogP contribution in [-0.2, 0) is 9.05 Å². The van der Waals surface area contributed by atoms with Gasteiger partial charge in [-0.1, -0.05) is 0 Å². The predicted molar refractivity (Wildman–Crippen MR) is 45.8 cm³/mol. The molecule has 3 nitrogen and oxygen atoms in total. The molecule has 14 heavy (non-hydrogen) atoms. The summed E-state index contributed by atoms with van der Waals surface area (Å²) in [6.07, 6.45) is -4.49. The highest BCUT2D eigenvalue weighted by molar-refractivity contribution is 8.17. The summed E-state index contributed by atoms with van der Waals surface area (Å²) in [6.45, 7) is -0.0786. The maximum atomic E-state index is 12.3. The summed E-state index contributed by atoms with van der Waals surface area (Å²) >= 11 is 0. The minimum absolute atomic E-state index is 0.0786. The zero-order chi connectivity index (χ0) is 11.0. The maximum Gasteiger partial charge on any atom is 0.414 e. The molecule has 1 rings (SSSR count). The van der Waals surface area contributed by atoms with Gasteiger partial charge in [0.15, 0.2) is 0 Å². The standard InChI is InChI=1S/C6H5ClF3NO2S/c7-14(12,13)5-3-11-2-1-4(5)6(8,9)10/h3H,1-2H2. The van der Waals surface area contributed by atoms with E-state index >= 15 is 0 Å². The minimum Gasteiger partial charge on any atom is -0.291 e. The summed E-state index contributed by atoms with van der Waals surface area (Å²) in [5.74, 6) is 0. The molecule has 0 fully saturated rings. The second-order valence-electron chi connectivity index (χ2n) is 2.56. The smallest absolute Gasteiger partial charge is 0.291 e. The number of hydrogen-bond donors (Lipinski definition) is 0. The number of halogens is 4. The predicted octanol–water partition coefficient (Wildman–Crippen LogP) is 1.85. The molecule has 0 aliphatic carbocycles. The van der Waals surface area contributed by atoms with Crippen molar-refractivity contribution in [1.82, 2.24) is 0 Å². The molecule has 0 amide bonds. The lowest BCUT2D eigenvalue weighted by Crippen LogP contribution is -2.20. The average molecular weight is 248 g/mol. The molecule has 1 aliphatic rings. The van der Waals surface area contributed by atoms with Crippen molar-refractivity contribution in [3.8, 4) is 0 Å². The average Bonchev–Trinajstić information content (AvgIpc) is 2.01. The number of aliphatic imine (C=N–C) groups is 1. The summed E-state index contributed by atoms with van der Waals surface area (Å²) in [4.78, 5) is 2.50. The molecule has 8 heteroatoms. The summed E-state index contributed by atoms with van der Waals surface area (Å²) in [7, 11) is 0.460.